The van der Waals surface area contributed by atoms with Gasteiger partial charge in [-0.3, -0.25) is 0 Å². The van der Waals surface area contributed by atoms with E-state index in [2.05, 4.69) is 61.5 Å². The van der Waals surface area contributed by atoms with Gasteiger partial charge >= 0.3 is 0 Å². The van der Waals surface area contributed by atoms with Gasteiger partial charge in [-0.05, 0) is 48.9 Å². The van der Waals surface area contributed by atoms with Gasteiger partial charge in [0.15, 0.2) is 0 Å². The zero-order valence-electron chi connectivity index (χ0n) is 11.0. The molecule has 2 rings (SSSR count). The molecule has 0 bridgehead atoms. The van der Waals surface area contributed by atoms with E-state index in [0.29, 0.717) is 5.92 Å². The summed E-state index contributed by atoms with van der Waals surface area (Å²) in [5.74, 6) is 0.464. The highest BCUT2D eigenvalue weighted by atomic mass is 14.5. The molecule has 0 radical (unpaired) electrons. The summed E-state index contributed by atoms with van der Waals surface area (Å²) in [6.45, 7) is 2.89. The van der Waals surface area contributed by atoms with Crippen LogP contribution in [0.4, 0.5) is 0 Å². The summed E-state index contributed by atoms with van der Waals surface area (Å²) >= 11 is 0. The summed E-state index contributed by atoms with van der Waals surface area (Å²) in [4.78, 5) is 0. The number of hydrogen-bond acceptors (Lipinski definition) is 1. The summed E-state index contributed by atoms with van der Waals surface area (Å²) in [6.07, 6.45) is 2.21. The van der Waals surface area contributed by atoms with Crippen molar-refractivity contribution in [3.63, 3.8) is 0 Å². The van der Waals surface area contributed by atoms with Crippen LogP contribution in [0.2, 0.25) is 0 Å². The molecule has 0 saturated heterocycles. The van der Waals surface area contributed by atoms with Crippen LogP contribution in [-0.4, -0.2) is 6.54 Å². The molecule has 94 valence electrons. The van der Waals surface area contributed by atoms with Gasteiger partial charge in [-0.15, -0.1) is 0 Å². The minimum atomic E-state index is 0.464. The molecule has 1 atom stereocenters. The third kappa shape index (κ3) is 3.21. The quantitative estimate of drug-likeness (QED) is 0.846. The molecule has 1 unspecified atom stereocenters. The Morgan fingerprint density at radius 1 is 0.944 bits per heavy atom. The number of benzene rings is 2. The molecule has 0 fully saturated rings. The summed E-state index contributed by atoms with van der Waals surface area (Å²) in [5.41, 5.74) is 10.1. The van der Waals surface area contributed by atoms with Crippen LogP contribution in [-0.2, 0) is 6.42 Å². The van der Waals surface area contributed by atoms with Crippen LogP contribution in [0.15, 0.2) is 54.6 Å². The second kappa shape index (κ2) is 6.36. The maximum absolute atomic E-state index is 5.94. The third-order valence-electron chi connectivity index (χ3n) is 3.54. The zero-order valence-corrected chi connectivity index (χ0v) is 11.0. The summed E-state index contributed by atoms with van der Waals surface area (Å²) < 4.78 is 0. The predicted molar refractivity (Wildman–Crippen MR) is 77.7 cm³/mol. The smallest absolute Gasteiger partial charge is 0.000802 e. The summed E-state index contributed by atoms with van der Waals surface area (Å²) in [6, 6.07) is 19.2. The maximum atomic E-state index is 5.94. The van der Waals surface area contributed by atoms with Crippen LogP contribution < -0.4 is 5.73 Å². The Morgan fingerprint density at radius 3 is 2.28 bits per heavy atom. The van der Waals surface area contributed by atoms with Gasteiger partial charge in [0.2, 0.25) is 0 Å². The van der Waals surface area contributed by atoms with Gasteiger partial charge in [0.1, 0.15) is 0 Å². The molecule has 2 N–H and O–H groups in total. The lowest BCUT2D eigenvalue weighted by Crippen LogP contribution is -2.14. The van der Waals surface area contributed by atoms with Crippen molar-refractivity contribution in [2.45, 2.75) is 25.7 Å². The Kier molecular flexibility index (Phi) is 4.54. The van der Waals surface area contributed by atoms with Crippen LogP contribution >= 0.6 is 0 Å². The van der Waals surface area contributed by atoms with Crippen molar-refractivity contribution in [3.05, 3.63) is 71.3 Å². The van der Waals surface area contributed by atoms with Gasteiger partial charge in [-0.2, -0.15) is 0 Å². The molecule has 1 heteroatoms. The minimum Gasteiger partial charge on any atom is -0.330 e. The van der Waals surface area contributed by atoms with Crippen LogP contribution in [0, 0.1) is 6.92 Å². The predicted octanol–water partition coefficient (Wildman–Crippen LogP) is 3.67. The lowest BCUT2D eigenvalue weighted by atomic mass is 9.89. The van der Waals surface area contributed by atoms with E-state index in [0.717, 1.165) is 19.4 Å². The lowest BCUT2D eigenvalue weighted by molar-refractivity contribution is 0.630. The molecule has 0 amide bonds. The Morgan fingerprint density at radius 2 is 1.61 bits per heavy atom. The van der Waals surface area contributed by atoms with Crippen molar-refractivity contribution in [2.75, 3.05) is 6.54 Å². The lowest BCUT2D eigenvalue weighted by Gasteiger charge is -2.17. The van der Waals surface area contributed by atoms with Crippen molar-refractivity contribution < 1.29 is 0 Å². The molecule has 0 spiro atoms. The van der Waals surface area contributed by atoms with Crippen LogP contribution in [0.3, 0.4) is 0 Å². The van der Waals surface area contributed by atoms with Crippen LogP contribution in [0.25, 0.3) is 0 Å². The highest BCUT2D eigenvalue weighted by Crippen LogP contribution is 2.23. The van der Waals surface area contributed by atoms with Crippen molar-refractivity contribution >= 4 is 0 Å². The molecule has 18 heavy (non-hydrogen) atoms. The monoisotopic (exact) mass is 239 g/mol. The SMILES string of the molecule is Cc1ccccc1C(CN)CCc1ccccc1. The molecular formula is C17H21N. The molecule has 0 aromatic heterocycles. The zero-order chi connectivity index (χ0) is 12.8. The number of rotatable bonds is 5. The van der Waals surface area contributed by atoms with E-state index in [1.165, 1.54) is 16.7 Å². The maximum Gasteiger partial charge on any atom is -0.000802 e. The molecule has 0 aliphatic carbocycles. The number of aryl methyl sites for hydroxylation is 2. The standard InChI is InChI=1S/C17H21N/c1-14-7-5-6-10-17(14)16(13-18)12-11-15-8-3-2-4-9-15/h2-10,16H,11-13,18H2,1H3. The minimum absolute atomic E-state index is 0.464. The van der Waals surface area contributed by atoms with E-state index >= 15 is 0 Å². The third-order valence-corrected chi connectivity index (χ3v) is 3.54. The number of nitrogens with two attached hydrogens (primary N) is 1. The molecule has 0 aliphatic rings. The average molecular weight is 239 g/mol. The topological polar surface area (TPSA) is 26.0 Å². The van der Waals surface area contributed by atoms with Gasteiger partial charge in [0.25, 0.3) is 0 Å². The fourth-order valence-corrected chi connectivity index (χ4v) is 2.43. The van der Waals surface area contributed by atoms with E-state index in [-0.39, 0.29) is 0 Å². The van der Waals surface area contributed by atoms with Crippen LogP contribution in [0.5, 0.6) is 0 Å². The van der Waals surface area contributed by atoms with Crippen molar-refractivity contribution in [3.8, 4) is 0 Å². The van der Waals surface area contributed by atoms with E-state index in [9.17, 15) is 0 Å². The fourth-order valence-electron chi connectivity index (χ4n) is 2.43. The average Bonchev–Trinajstić information content (AvgIpc) is 2.42. The van der Waals surface area contributed by atoms with Crippen LogP contribution in [0.1, 0.15) is 29.0 Å². The van der Waals surface area contributed by atoms with Gasteiger partial charge < -0.3 is 5.73 Å². The number of hydrogen-bond donors (Lipinski definition) is 1. The van der Waals surface area contributed by atoms with Crippen molar-refractivity contribution in [1.29, 1.82) is 0 Å². The van der Waals surface area contributed by atoms with Crippen molar-refractivity contribution in [2.24, 2.45) is 5.73 Å². The molecule has 2 aromatic carbocycles. The van der Waals surface area contributed by atoms with Gasteiger partial charge in [0, 0.05) is 0 Å². The summed E-state index contributed by atoms with van der Waals surface area (Å²) in [5, 5.41) is 0. The first-order valence-electron chi connectivity index (χ1n) is 6.61. The van der Waals surface area contributed by atoms with Crippen molar-refractivity contribution in [1.82, 2.24) is 0 Å². The highest BCUT2D eigenvalue weighted by molar-refractivity contribution is 5.29. The Balaban J connectivity index is 2.04. The largest absolute Gasteiger partial charge is 0.330 e. The Hall–Kier alpha value is -1.60. The van der Waals surface area contributed by atoms with E-state index in [1.807, 2.05) is 0 Å². The molecule has 1 nitrogen and oxygen atoms in total. The van der Waals surface area contributed by atoms with E-state index in [4.69, 9.17) is 5.73 Å². The summed E-state index contributed by atoms with van der Waals surface area (Å²) in [7, 11) is 0. The van der Waals surface area contributed by atoms with Gasteiger partial charge in [0.05, 0.1) is 0 Å². The molecule has 0 saturated carbocycles. The van der Waals surface area contributed by atoms with E-state index in [1.54, 1.807) is 0 Å². The Labute approximate surface area is 110 Å². The van der Waals surface area contributed by atoms with Gasteiger partial charge in [-0.25, -0.2) is 0 Å². The molecule has 0 heterocycles. The first kappa shape index (κ1) is 12.8. The molecule has 0 aliphatic heterocycles. The first-order valence-corrected chi connectivity index (χ1v) is 6.61. The Bertz CT molecular complexity index is 476. The first-order chi connectivity index (χ1) is 8.81. The molecule has 2 aromatic rings. The second-order valence-corrected chi connectivity index (χ2v) is 4.81. The second-order valence-electron chi connectivity index (χ2n) is 4.81. The van der Waals surface area contributed by atoms with Gasteiger partial charge in [-0.1, -0.05) is 54.6 Å². The highest BCUT2D eigenvalue weighted by Gasteiger charge is 2.11. The normalized spacial score (nSPS) is 12.3. The molecular weight excluding hydrogens is 218 g/mol. The fraction of sp³-hybridized carbons (Fsp3) is 0.294. The van der Waals surface area contributed by atoms with E-state index < -0.39 is 0 Å².